The van der Waals surface area contributed by atoms with Gasteiger partial charge >= 0.3 is 6.09 Å². The second kappa shape index (κ2) is 7.09. The highest BCUT2D eigenvalue weighted by Gasteiger charge is 2.31. The summed E-state index contributed by atoms with van der Waals surface area (Å²) in [5, 5.41) is 4.76. The van der Waals surface area contributed by atoms with Gasteiger partial charge in [-0.05, 0) is 46.8 Å². The SMILES string of the molecule is Cc1ccc(C(C)NCC(F)(F)CNC(=O)OC(C)(C)C)o1. The summed E-state index contributed by atoms with van der Waals surface area (Å²) in [5.41, 5.74) is -0.719. The van der Waals surface area contributed by atoms with Crippen molar-refractivity contribution in [3.63, 3.8) is 0 Å². The lowest BCUT2D eigenvalue weighted by Crippen LogP contribution is -2.45. The van der Waals surface area contributed by atoms with Gasteiger partial charge in [0.05, 0.1) is 19.1 Å². The van der Waals surface area contributed by atoms with Gasteiger partial charge < -0.3 is 19.8 Å². The number of rotatable bonds is 6. The Hall–Kier alpha value is -1.63. The highest BCUT2D eigenvalue weighted by Crippen LogP contribution is 2.18. The Bertz CT molecular complexity index is 495. The predicted octanol–water partition coefficient (Wildman–Crippen LogP) is 3.40. The first kappa shape index (κ1) is 18.4. The van der Waals surface area contributed by atoms with Crippen molar-refractivity contribution in [1.29, 1.82) is 0 Å². The minimum absolute atomic E-state index is 0.346. The molecule has 1 aromatic rings. The molecule has 0 saturated carbocycles. The summed E-state index contributed by atoms with van der Waals surface area (Å²) in [6, 6.07) is 3.17. The topological polar surface area (TPSA) is 63.5 Å². The molecule has 0 aliphatic rings. The van der Waals surface area contributed by atoms with Gasteiger partial charge in [0, 0.05) is 0 Å². The number of halogens is 2. The third-order valence-electron chi connectivity index (χ3n) is 2.75. The minimum Gasteiger partial charge on any atom is -0.465 e. The van der Waals surface area contributed by atoms with E-state index in [0.717, 1.165) is 5.76 Å². The Kier molecular flexibility index (Phi) is 5.93. The van der Waals surface area contributed by atoms with Gasteiger partial charge in [0.25, 0.3) is 5.92 Å². The Morgan fingerprint density at radius 1 is 1.32 bits per heavy atom. The van der Waals surface area contributed by atoms with Gasteiger partial charge in [0.15, 0.2) is 0 Å². The van der Waals surface area contributed by atoms with Gasteiger partial charge in [-0.1, -0.05) is 0 Å². The summed E-state index contributed by atoms with van der Waals surface area (Å²) in [4.78, 5) is 11.4. The quantitative estimate of drug-likeness (QED) is 0.844. The summed E-state index contributed by atoms with van der Waals surface area (Å²) in [5.74, 6) is -1.78. The number of nitrogens with one attached hydrogen (secondary N) is 2. The zero-order chi connectivity index (χ0) is 17.0. The summed E-state index contributed by atoms with van der Waals surface area (Å²) in [6.07, 6.45) is -0.859. The van der Waals surface area contributed by atoms with E-state index in [2.05, 4.69) is 10.6 Å². The molecule has 0 aliphatic carbocycles. The monoisotopic (exact) mass is 318 g/mol. The van der Waals surface area contributed by atoms with Gasteiger partial charge in [0.1, 0.15) is 17.1 Å². The van der Waals surface area contributed by atoms with Gasteiger partial charge in [0.2, 0.25) is 0 Å². The van der Waals surface area contributed by atoms with Crippen LogP contribution in [0, 0.1) is 6.92 Å². The fourth-order valence-electron chi connectivity index (χ4n) is 1.67. The molecule has 0 aromatic carbocycles. The zero-order valence-corrected chi connectivity index (χ0v) is 13.6. The van der Waals surface area contributed by atoms with E-state index in [1.54, 1.807) is 46.8 Å². The molecule has 0 fully saturated rings. The van der Waals surface area contributed by atoms with E-state index in [-0.39, 0.29) is 6.04 Å². The molecule has 126 valence electrons. The van der Waals surface area contributed by atoms with Crippen LogP contribution >= 0.6 is 0 Å². The molecule has 1 heterocycles. The van der Waals surface area contributed by atoms with Crippen LogP contribution in [0.5, 0.6) is 0 Å². The summed E-state index contributed by atoms with van der Waals surface area (Å²) < 4.78 is 37.7. The summed E-state index contributed by atoms with van der Waals surface area (Å²) in [6.45, 7) is 7.14. The molecule has 1 amide bonds. The molecule has 1 unspecified atom stereocenters. The molecule has 1 aromatic heterocycles. The molecule has 0 bridgehead atoms. The molecular weight excluding hydrogens is 294 g/mol. The highest BCUT2D eigenvalue weighted by molar-refractivity contribution is 5.67. The van der Waals surface area contributed by atoms with Crippen LogP contribution in [-0.2, 0) is 4.74 Å². The fourth-order valence-corrected chi connectivity index (χ4v) is 1.67. The Morgan fingerprint density at radius 2 is 1.95 bits per heavy atom. The van der Waals surface area contributed by atoms with E-state index < -0.39 is 30.7 Å². The smallest absolute Gasteiger partial charge is 0.407 e. The van der Waals surface area contributed by atoms with Crippen molar-refractivity contribution in [3.8, 4) is 0 Å². The van der Waals surface area contributed by atoms with E-state index in [9.17, 15) is 13.6 Å². The maximum atomic E-state index is 13.7. The second-order valence-electron chi connectivity index (χ2n) is 6.26. The molecule has 2 N–H and O–H groups in total. The fraction of sp³-hybridized carbons (Fsp3) is 0.667. The number of alkyl carbamates (subject to hydrolysis) is 1. The van der Waals surface area contributed by atoms with E-state index in [4.69, 9.17) is 9.15 Å². The van der Waals surface area contributed by atoms with Gasteiger partial charge in [-0.25, -0.2) is 13.6 Å². The first-order valence-corrected chi connectivity index (χ1v) is 7.13. The first-order valence-electron chi connectivity index (χ1n) is 7.13. The van der Waals surface area contributed by atoms with Gasteiger partial charge in [-0.15, -0.1) is 0 Å². The zero-order valence-electron chi connectivity index (χ0n) is 13.6. The van der Waals surface area contributed by atoms with Crippen molar-refractivity contribution in [2.75, 3.05) is 13.1 Å². The third kappa shape index (κ3) is 6.89. The minimum atomic E-state index is -3.09. The first-order chi connectivity index (χ1) is 9.98. The molecule has 7 heteroatoms. The molecule has 0 saturated heterocycles. The molecule has 1 atom stereocenters. The van der Waals surface area contributed by atoms with E-state index in [1.807, 2.05) is 0 Å². The molecule has 0 aliphatic heterocycles. The molecule has 0 radical (unpaired) electrons. The highest BCUT2D eigenvalue weighted by atomic mass is 19.3. The number of amides is 1. The van der Waals surface area contributed by atoms with Crippen LogP contribution in [-0.4, -0.2) is 30.7 Å². The number of carbonyl (C=O) groups is 1. The average Bonchev–Trinajstić information content (AvgIpc) is 2.79. The van der Waals surface area contributed by atoms with Crippen LogP contribution in [0.15, 0.2) is 16.5 Å². The lowest BCUT2D eigenvalue weighted by Gasteiger charge is -2.23. The lowest BCUT2D eigenvalue weighted by atomic mass is 10.2. The van der Waals surface area contributed by atoms with Crippen LogP contribution < -0.4 is 10.6 Å². The number of hydrogen-bond acceptors (Lipinski definition) is 4. The lowest BCUT2D eigenvalue weighted by molar-refractivity contribution is -0.00566. The van der Waals surface area contributed by atoms with Crippen molar-refractivity contribution in [3.05, 3.63) is 23.7 Å². The predicted molar refractivity (Wildman–Crippen MR) is 79.0 cm³/mol. The second-order valence-corrected chi connectivity index (χ2v) is 6.26. The average molecular weight is 318 g/mol. The van der Waals surface area contributed by atoms with Gasteiger partial charge in [-0.2, -0.15) is 0 Å². The van der Waals surface area contributed by atoms with E-state index in [1.165, 1.54) is 0 Å². The summed E-state index contributed by atoms with van der Waals surface area (Å²) in [7, 11) is 0. The van der Waals surface area contributed by atoms with Crippen LogP contribution in [0.3, 0.4) is 0 Å². The molecule has 0 spiro atoms. The van der Waals surface area contributed by atoms with E-state index in [0.29, 0.717) is 5.76 Å². The van der Waals surface area contributed by atoms with Gasteiger partial charge in [-0.3, -0.25) is 0 Å². The standard InChI is InChI=1S/C15H24F2N2O3/c1-10-6-7-12(21-10)11(2)18-8-15(16,17)9-19-13(20)22-14(3,4)5/h6-7,11,18H,8-9H2,1-5H3,(H,19,20). The molecule has 5 nitrogen and oxygen atoms in total. The largest absolute Gasteiger partial charge is 0.465 e. The Morgan fingerprint density at radius 3 is 2.45 bits per heavy atom. The number of alkyl halides is 2. The maximum Gasteiger partial charge on any atom is 0.407 e. The number of carbonyl (C=O) groups excluding carboxylic acids is 1. The molecule has 22 heavy (non-hydrogen) atoms. The van der Waals surface area contributed by atoms with Crippen molar-refractivity contribution >= 4 is 6.09 Å². The third-order valence-corrected chi connectivity index (χ3v) is 2.75. The normalized spacial score (nSPS) is 13.8. The Labute approximate surface area is 129 Å². The van der Waals surface area contributed by atoms with Crippen molar-refractivity contribution in [2.45, 2.75) is 52.2 Å². The van der Waals surface area contributed by atoms with E-state index >= 15 is 0 Å². The maximum absolute atomic E-state index is 13.7. The number of aryl methyl sites for hydroxylation is 1. The number of ether oxygens (including phenoxy) is 1. The van der Waals surface area contributed by atoms with Crippen LogP contribution in [0.1, 0.15) is 45.3 Å². The Balaban J connectivity index is 2.38. The van der Waals surface area contributed by atoms with Crippen LogP contribution in [0.2, 0.25) is 0 Å². The van der Waals surface area contributed by atoms with Crippen LogP contribution in [0.25, 0.3) is 0 Å². The van der Waals surface area contributed by atoms with Crippen molar-refractivity contribution < 1.29 is 22.7 Å². The van der Waals surface area contributed by atoms with Crippen molar-refractivity contribution in [1.82, 2.24) is 10.6 Å². The molecular formula is C15H24F2N2O3. The molecule has 1 rings (SSSR count). The number of furan rings is 1. The summed E-state index contributed by atoms with van der Waals surface area (Å²) >= 11 is 0. The van der Waals surface area contributed by atoms with Crippen LogP contribution in [0.4, 0.5) is 13.6 Å². The number of hydrogen-bond donors (Lipinski definition) is 2. The van der Waals surface area contributed by atoms with Crippen molar-refractivity contribution in [2.24, 2.45) is 0 Å².